The van der Waals surface area contributed by atoms with Crippen molar-refractivity contribution in [1.29, 1.82) is 0 Å². The molecule has 1 aromatic rings. The van der Waals surface area contributed by atoms with Crippen LogP contribution in [0, 0.1) is 0 Å². The van der Waals surface area contributed by atoms with Crippen LogP contribution in [0.3, 0.4) is 0 Å². The first-order valence-corrected chi connectivity index (χ1v) is 4.05. The molecule has 0 saturated heterocycles. The zero-order chi connectivity index (χ0) is 7.56. The molecule has 1 radical (unpaired) electrons. The molecular weight excluding hydrogens is 179 g/mol. The van der Waals surface area contributed by atoms with E-state index >= 15 is 0 Å². The van der Waals surface area contributed by atoms with Gasteiger partial charge in [0, 0.05) is 18.9 Å². The van der Waals surface area contributed by atoms with Crippen LogP contribution in [0.15, 0.2) is 29.2 Å². The van der Waals surface area contributed by atoms with E-state index in [1.54, 1.807) is 18.2 Å². The quantitative estimate of drug-likeness (QED) is 0.530. The van der Waals surface area contributed by atoms with Crippen molar-refractivity contribution in [2.45, 2.75) is 4.90 Å². The van der Waals surface area contributed by atoms with Gasteiger partial charge in [-0.15, -0.1) is 0 Å². The van der Waals surface area contributed by atoms with Gasteiger partial charge in [-0.25, -0.2) is 4.21 Å². The fourth-order valence-corrected chi connectivity index (χ4v) is 1.35. The van der Waals surface area contributed by atoms with E-state index in [9.17, 15) is 4.21 Å². The summed E-state index contributed by atoms with van der Waals surface area (Å²) in [7, 11) is 0. The molecule has 0 heterocycles. The molecule has 11 heavy (non-hydrogen) atoms. The molecular formula is C6H5ClLiO2S. The van der Waals surface area contributed by atoms with Gasteiger partial charge in [0.15, 0.2) is 11.1 Å². The molecule has 1 N–H and O–H groups in total. The normalized spacial score (nSPS) is 11.8. The van der Waals surface area contributed by atoms with Crippen LogP contribution in [-0.4, -0.2) is 27.6 Å². The molecule has 0 aliphatic heterocycles. The minimum absolute atomic E-state index is 0. The van der Waals surface area contributed by atoms with E-state index in [0.29, 0.717) is 5.02 Å². The summed E-state index contributed by atoms with van der Waals surface area (Å²) in [5, 5.41) is 0.323. The Bertz CT molecular complexity index is 267. The topological polar surface area (TPSA) is 37.3 Å². The Balaban J connectivity index is 0.000001000. The Morgan fingerprint density at radius 1 is 1.36 bits per heavy atom. The minimum atomic E-state index is -1.97. The zero-order valence-electron chi connectivity index (χ0n) is 5.95. The first-order chi connectivity index (χ1) is 4.72. The van der Waals surface area contributed by atoms with Crippen LogP contribution in [0.5, 0.6) is 0 Å². The van der Waals surface area contributed by atoms with E-state index < -0.39 is 11.1 Å². The fraction of sp³-hybridized carbons (Fsp3) is 0. The Labute approximate surface area is 84.4 Å². The van der Waals surface area contributed by atoms with Crippen LogP contribution in [0.25, 0.3) is 0 Å². The molecule has 0 aromatic heterocycles. The van der Waals surface area contributed by atoms with Crippen molar-refractivity contribution in [3.8, 4) is 0 Å². The number of hydrogen-bond acceptors (Lipinski definition) is 1. The van der Waals surface area contributed by atoms with Gasteiger partial charge in [0.05, 0.1) is 9.92 Å². The van der Waals surface area contributed by atoms with Gasteiger partial charge in [-0.05, 0) is 12.1 Å². The third kappa shape index (κ3) is 2.98. The first kappa shape index (κ1) is 11.2. The molecule has 0 spiro atoms. The predicted octanol–water partition coefficient (Wildman–Crippen LogP) is 1.54. The predicted molar refractivity (Wildman–Crippen MR) is 46.2 cm³/mol. The van der Waals surface area contributed by atoms with E-state index in [0.717, 1.165) is 0 Å². The number of halogens is 1. The van der Waals surface area contributed by atoms with E-state index in [1.807, 2.05) is 0 Å². The van der Waals surface area contributed by atoms with Gasteiger partial charge in [0.25, 0.3) is 0 Å². The van der Waals surface area contributed by atoms with Crippen LogP contribution in [0.1, 0.15) is 0 Å². The van der Waals surface area contributed by atoms with E-state index in [1.165, 1.54) is 6.07 Å². The number of hydrogen-bond donors (Lipinski definition) is 1. The summed E-state index contributed by atoms with van der Waals surface area (Å²) in [4.78, 5) is 0.254. The average Bonchev–Trinajstić information content (AvgIpc) is 1.88. The van der Waals surface area contributed by atoms with Gasteiger partial charge in [-0.3, -0.25) is 0 Å². The Hall–Kier alpha value is 0.217. The molecule has 2 nitrogen and oxygen atoms in total. The molecule has 1 atom stereocenters. The Morgan fingerprint density at radius 3 is 2.27 bits per heavy atom. The molecule has 0 fully saturated rings. The average molecular weight is 184 g/mol. The summed E-state index contributed by atoms with van der Waals surface area (Å²) < 4.78 is 19.0. The summed E-state index contributed by atoms with van der Waals surface area (Å²) in [5.74, 6) is 0. The first-order valence-electron chi connectivity index (χ1n) is 2.57. The molecule has 0 aliphatic rings. The second-order valence-electron chi connectivity index (χ2n) is 1.68. The van der Waals surface area contributed by atoms with Crippen LogP contribution in [0.4, 0.5) is 0 Å². The van der Waals surface area contributed by atoms with Gasteiger partial charge < -0.3 is 4.55 Å². The monoisotopic (exact) mass is 183 g/mol. The van der Waals surface area contributed by atoms with Gasteiger partial charge in [-0.1, -0.05) is 23.7 Å². The molecule has 1 unspecified atom stereocenters. The molecule has 0 saturated carbocycles. The van der Waals surface area contributed by atoms with Crippen molar-refractivity contribution in [3.63, 3.8) is 0 Å². The maximum Gasteiger partial charge on any atom is 0.188 e. The molecule has 0 bridgehead atoms. The molecule has 1 aromatic carbocycles. The van der Waals surface area contributed by atoms with Crippen molar-refractivity contribution in [1.82, 2.24) is 0 Å². The standard InChI is InChI=1S/C6H5ClO2S.Li/c7-5-3-1-2-4-6(5)10(8)9;/h1-4H,(H,8,9);. The summed E-state index contributed by atoms with van der Waals surface area (Å²) in [6, 6.07) is 6.46. The smallest absolute Gasteiger partial charge is 0.188 e. The second kappa shape index (κ2) is 4.97. The van der Waals surface area contributed by atoms with Crippen LogP contribution in [0.2, 0.25) is 5.02 Å². The summed E-state index contributed by atoms with van der Waals surface area (Å²) >= 11 is 3.59. The Kier molecular flexibility index (Phi) is 5.07. The second-order valence-corrected chi connectivity index (χ2v) is 3.02. The molecule has 0 aliphatic carbocycles. The van der Waals surface area contributed by atoms with Gasteiger partial charge in [0.2, 0.25) is 0 Å². The van der Waals surface area contributed by atoms with Crippen molar-refractivity contribution >= 4 is 41.5 Å². The number of benzene rings is 1. The molecule has 55 valence electrons. The molecule has 0 amide bonds. The summed E-state index contributed by atoms with van der Waals surface area (Å²) in [5.41, 5.74) is 0. The molecule has 1 rings (SSSR count). The maximum atomic E-state index is 10.4. The summed E-state index contributed by atoms with van der Waals surface area (Å²) in [6.07, 6.45) is 0. The van der Waals surface area contributed by atoms with E-state index in [-0.39, 0.29) is 23.8 Å². The number of rotatable bonds is 1. The fourth-order valence-electron chi connectivity index (χ4n) is 0.586. The van der Waals surface area contributed by atoms with E-state index in [2.05, 4.69) is 0 Å². The van der Waals surface area contributed by atoms with Crippen molar-refractivity contribution in [2.75, 3.05) is 0 Å². The van der Waals surface area contributed by atoms with Gasteiger partial charge in [-0.2, -0.15) is 0 Å². The van der Waals surface area contributed by atoms with Crippen molar-refractivity contribution in [2.24, 2.45) is 0 Å². The van der Waals surface area contributed by atoms with Crippen LogP contribution >= 0.6 is 11.6 Å². The SMILES string of the molecule is O=S(O)c1ccccc1Cl.[Li]. The molecule has 5 heteroatoms. The van der Waals surface area contributed by atoms with Gasteiger partial charge in [0.1, 0.15) is 0 Å². The third-order valence-electron chi connectivity index (χ3n) is 1.02. The maximum absolute atomic E-state index is 10.4. The van der Waals surface area contributed by atoms with Crippen LogP contribution < -0.4 is 0 Å². The van der Waals surface area contributed by atoms with E-state index in [4.69, 9.17) is 16.2 Å². The zero-order valence-corrected chi connectivity index (χ0v) is 7.52. The largest absolute Gasteiger partial charge is 0.302 e. The van der Waals surface area contributed by atoms with Crippen molar-refractivity contribution < 1.29 is 8.76 Å². The summed E-state index contributed by atoms with van der Waals surface area (Å²) in [6.45, 7) is 0. The third-order valence-corrected chi connectivity index (χ3v) is 2.20. The minimum Gasteiger partial charge on any atom is -0.302 e. The Morgan fingerprint density at radius 2 is 1.91 bits per heavy atom. The van der Waals surface area contributed by atoms with Gasteiger partial charge >= 0.3 is 0 Å². The van der Waals surface area contributed by atoms with Crippen molar-refractivity contribution in [3.05, 3.63) is 29.3 Å². The van der Waals surface area contributed by atoms with Crippen LogP contribution in [-0.2, 0) is 11.1 Å².